The summed E-state index contributed by atoms with van der Waals surface area (Å²) < 4.78 is 2.71. The molecule has 0 fully saturated rings. The zero-order valence-corrected chi connectivity index (χ0v) is 47.8. The lowest BCUT2D eigenvalue weighted by Crippen LogP contribution is -2.28. The minimum atomic E-state index is -0.170. The molecule has 0 bridgehead atoms. The van der Waals surface area contributed by atoms with Crippen molar-refractivity contribution in [3.05, 3.63) is 191 Å². The highest BCUT2D eigenvalue weighted by Gasteiger charge is 2.46. The number of unbranched alkanes of at least 4 members (excludes halogenated alkanes) is 18. The van der Waals surface area contributed by atoms with E-state index in [-0.39, 0.29) is 10.8 Å². The minimum Gasteiger partial charge on any atom is -0.344 e. The number of rotatable bonds is 28. The van der Waals surface area contributed by atoms with E-state index in [4.69, 9.17) is 0 Å². The summed E-state index contributed by atoms with van der Waals surface area (Å²) in [5.74, 6) is 0. The molecule has 0 saturated heterocycles. The van der Waals surface area contributed by atoms with Gasteiger partial charge in [-0.1, -0.05) is 240 Å². The van der Waals surface area contributed by atoms with E-state index in [0.29, 0.717) is 0 Å². The van der Waals surface area contributed by atoms with Crippen LogP contribution in [0, 0.1) is 0 Å². The molecule has 0 aromatic heterocycles. The molecule has 9 rings (SSSR count). The van der Waals surface area contributed by atoms with E-state index in [1.165, 1.54) is 212 Å². The molecular formula is C73H92N3+. The summed E-state index contributed by atoms with van der Waals surface area (Å²) in [5, 5.41) is 5.42. The van der Waals surface area contributed by atoms with Gasteiger partial charge < -0.3 is 9.80 Å². The summed E-state index contributed by atoms with van der Waals surface area (Å²) in [5.41, 5.74) is 14.7. The van der Waals surface area contributed by atoms with Crippen molar-refractivity contribution < 1.29 is 4.58 Å². The molecule has 6 aromatic rings. The quantitative estimate of drug-likeness (QED) is 0.0358. The van der Waals surface area contributed by atoms with Crippen LogP contribution in [-0.2, 0) is 10.8 Å². The van der Waals surface area contributed by atoms with Gasteiger partial charge in [-0.25, -0.2) is 0 Å². The molecule has 3 heteroatoms. The number of fused-ring (bicyclic) bond motifs is 6. The lowest BCUT2D eigenvalue weighted by molar-refractivity contribution is -0.438. The number of benzene rings is 6. The van der Waals surface area contributed by atoms with Gasteiger partial charge in [-0.05, 0) is 120 Å². The zero-order chi connectivity index (χ0) is 52.7. The fraction of sp³-hybridized carbons (Fsp3) is 0.438. The highest BCUT2D eigenvalue weighted by atomic mass is 15.2. The van der Waals surface area contributed by atoms with Crippen LogP contribution in [0.15, 0.2) is 180 Å². The molecule has 1 aliphatic carbocycles. The summed E-state index contributed by atoms with van der Waals surface area (Å²) in [6.07, 6.45) is 39.0. The van der Waals surface area contributed by atoms with Gasteiger partial charge in [-0.3, -0.25) is 0 Å². The normalized spacial score (nSPS) is 16.9. The first-order valence-corrected chi connectivity index (χ1v) is 30.4. The predicted octanol–water partition coefficient (Wildman–Crippen LogP) is 21.3. The third-order valence-corrected chi connectivity index (χ3v) is 17.4. The van der Waals surface area contributed by atoms with Gasteiger partial charge in [0.15, 0.2) is 5.71 Å². The summed E-state index contributed by atoms with van der Waals surface area (Å²) in [7, 11) is 0. The topological polar surface area (TPSA) is 9.49 Å². The summed E-state index contributed by atoms with van der Waals surface area (Å²) in [6.45, 7) is 16.6. The van der Waals surface area contributed by atoms with Crippen LogP contribution in [0.5, 0.6) is 0 Å². The first-order chi connectivity index (χ1) is 37.2. The SMILES string of the molecule is CCCCCCCCCCCCN1/C(=C/C=C2\CCC(/C=C/C3=[N+](CCCCCCCCCCCC)c4ccc5ccccc5c4C3(C)C)=C2N(c2ccccc2)c2ccccc2)C(C)(C)c2c1ccc1ccccc21. The molecular weight excluding hydrogens is 919 g/mol. The fourth-order valence-corrected chi connectivity index (χ4v) is 13.3. The van der Waals surface area contributed by atoms with Crippen molar-refractivity contribution in [3.8, 4) is 0 Å². The van der Waals surface area contributed by atoms with Crippen molar-refractivity contribution >= 4 is 50.0 Å². The standard InChI is InChI=1S/C73H92N3/c1-7-9-11-13-15-17-19-21-23-35-55-74-65-51-47-57-37-31-33-43-63(57)69(65)72(3,4)67(74)53-49-59-45-46-60(71(59)76(61-39-27-25-28-40-61)62-41-29-26-30-42-62)50-54-68-73(5,6)70-64-44-34-32-38-58(64)48-52-66(70)75(68)56-36-24-22-20-18-16-14-12-10-8-2/h25-34,37-44,47-54H,7-24,35-36,45-46,55-56H2,1-6H3/q+1. The monoisotopic (exact) mass is 1010 g/mol. The van der Waals surface area contributed by atoms with Crippen molar-refractivity contribution in [2.45, 2.75) is 194 Å². The zero-order valence-electron chi connectivity index (χ0n) is 47.8. The highest BCUT2D eigenvalue weighted by molar-refractivity contribution is 6.08. The second-order valence-corrected chi connectivity index (χ2v) is 23.6. The molecule has 0 amide bonds. The Kier molecular flexibility index (Phi) is 19.1. The minimum absolute atomic E-state index is 0.170. The lowest BCUT2D eigenvalue weighted by atomic mass is 9.79. The summed E-state index contributed by atoms with van der Waals surface area (Å²) >= 11 is 0. The van der Waals surface area contributed by atoms with E-state index in [1.807, 2.05) is 0 Å². The molecule has 0 radical (unpaired) electrons. The Morgan fingerprint density at radius 3 is 1.55 bits per heavy atom. The van der Waals surface area contributed by atoms with E-state index in [0.717, 1.165) is 25.9 Å². The van der Waals surface area contributed by atoms with Crippen molar-refractivity contribution in [2.75, 3.05) is 22.9 Å². The van der Waals surface area contributed by atoms with Crippen LogP contribution in [0.2, 0.25) is 0 Å². The van der Waals surface area contributed by atoms with E-state index >= 15 is 0 Å². The Hall–Kier alpha value is -5.93. The number of nitrogens with zero attached hydrogens (tertiary/aromatic N) is 3. The smallest absolute Gasteiger partial charge is 0.210 e. The molecule has 6 aromatic carbocycles. The second kappa shape index (κ2) is 26.4. The number of para-hydroxylation sites is 2. The number of hydrogen-bond donors (Lipinski definition) is 0. The van der Waals surface area contributed by atoms with Gasteiger partial charge in [-0.15, -0.1) is 0 Å². The maximum Gasteiger partial charge on any atom is 0.210 e. The van der Waals surface area contributed by atoms with Crippen molar-refractivity contribution in [1.29, 1.82) is 0 Å². The summed E-state index contributed by atoms with van der Waals surface area (Å²) in [4.78, 5) is 5.26. The Morgan fingerprint density at radius 2 is 0.974 bits per heavy atom. The molecule has 0 spiro atoms. The largest absolute Gasteiger partial charge is 0.344 e. The van der Waals surface area contributed by atoms with Crippen molar-refractivity contribution in [1.82, 2.24) is 0 Å². The average Bonchev–Trinajstić information content (AvgIpc) is 4.03. The molecule has 2 heterocycles. The van der Waals surface area contributed by atoms with E-state index in [2.05, 4.69) is 214 Å². The Morgan fingerprint density at radius 1 is 0.474 bits per heavy atom. The number of allylic oxidation sites excluding steroid dienone is 7. The van der Waals surface area contributed by atoms with Gasteiger partial charge >= 0.3 is 0 Å². The van der Waals surface area contributed by atoms with Crippen LogP contribution in [0.3, 0.4) is 0 Å². The summed E-state index contributed by atoms with van der Waals surface area (Å²) in [6, 6.07) is 49.9. The Labute approximate surface area is 460 Å². The first-order valence-electron chi connectivity index (χ1n) is 30.4. The lowest BCUT2D eigenvalue weighted by Gasteiger charge is -2.29. The molecule has 0 N–H and O–H groups in total. The number of hydrogen-bond acceptors (Lipinski definition) is 2. The van der Waals surface area contributed by atoms with Crippen LogP contribution >= 0.6 is 0 Å². The third-order valence-electron chi connectivity index (χ3n) is 17.4. The Balaban J connectivity index is 1.08. The van der Waals surface area contributed by atoms with Gasteiger partial charge in [0, 0.05) is 58.8 Å². The molecule has 76 heavy (non-hydrogen) atoms. The van der Waals surface area contributed by atoms with Crippen LogP contribution < -0.4 is 9.80 Å². The predicted molar refractivity (Wildman–Crippen MR) is 331 cm³/mol. The first kappa shape index (κ1) is 54.8. The third kappa shape index (κ3) is 12.4. The van der Waals surface area contributed by atoms with Crippen LogP contribution in [0.4, 0.5) is 22.7 Å². The van der Waals surface area contributed by atoms with Gasteiger partial charge in [-0.2, -0.15) is 4.58 Å². The molecule has 3 aliphatic rings. The van der Waals surface area contributed by atoms with Gasteiger partial charge in [0.1, 0.15) is 6.54 Å². The molecule has 0 unspecified atom stereocenters. The van der Waals surface area contributed by atoms with Gasteiger partial charge in [0.05, 0.1) is 11.1 Å². The van der Waals surface area contributed by atoms with E-state index in [1.54, 1.807) is 0 Å². The maximum atomic E-state index is 2.71. The van der Waals surface area contributed by atoms with Crippen LogP contribution in [0.1, 0.15) is 194 Å². The maximum absolute atomic E-state index is 2.71. The molecule has 2 aliphatic heterocycles. The number of anilines is 3. The van der Waals surface area contributed by atoms with Gasteiger partial charge in [0.25, 0.3) is 0 Å². The molecule has 398 valence electrons. The highest BCUT2D eigenvalue weighted by Crippen LogP contribution is 2.52. The van der Waals surface area contributed by atoms with E-state index in [9.17, 15) is 0 Å². The van der Waals surface area contributed by atoms with Crippen LogP contribution in [-0.4, -0.2) is 23.4 Å². The van der Waals surface area contributed by atoms with Crippen molar-refractivity contribution in [3.63, 3.8) is 0 Å². The average molecular weight is 1010 g/mol. The second-order valence-electron chi connectivity index (χ2n) is 23.6. The molecule has 0 atom stereocenters. The van der Waals surface area contributed by atoms with Crippen LogP contribution in [0.25, 0.3) is 21.5 Å². The molecule has 3 nitrogen and oxygen atoms in total. The Bertz CT molecular complexity index is 2970. The fourth-order valence-electron chi connectivity index (χ4n) is 13.3. The van der Waals surface area contributed by atoms with Gasteiger partial charge in [0.2, 0.25) is 5.69 Å². The van der Waals surface area contributed by atoms with E-state index < -0.39 is 0 Å². The molecule has 0 saturated carbocycles. The van der Waals surface area contributed by atoms with Crippen molar-refractivity contribution in [2.24, 2.45) is 0 Å².